The van der Waals surface area contributed by atoms with Gasteiger partial charge in [0, 0.05) is 25.2 Å². The van der Waals surface area contributed by atoms with E-state index in [4.69, 9.17) is 4.98 Å². The van der Waals surface area contributed by atoms with Crippen LogP contribution in [0.15, 0.2) is 12.1 Å². The molecule has 0 saturated heterocycles. The number of benzene rings is 1. The monoisotopic (exact) mass is 269 g/mol. The minimum absolute atomic E-state index is 0.672. The summed E-state index contributed by atoms with van der Waals surface area (Å²) < 4.78 is 2.35. The molecule has 1 aliphatic heterocycles. The summed E-state index contributed by atoms with van der Waals surface area (Å²) in [6.07, 6.45) is 9.20. The largest absolute Gasteiger partial charge is 0.385 e. The highest BCUT2D eigenvalue weighted by Crippen LogP contribution is 2.35. The van der Waals surface area contributed by atoms with Crippen LogP contribution >= 0.6 is 0 Å². The Hall–Kier alpha value is -1.51. The number of fused-ring (bicyclic) bond motifs is 2. The summed E-state index contributed by atoms with van der Waals surface area (Å²) in [6, 6.07) is 4.62. The lowest BCUT2D eigenvalue weighted by Gasteiger charge is -2.21. The summed E-state index contributed by atoms with van der Waals surface area (Å²) in [6.45, 7) is 1.10. The van der Waals surface area contributed by atoms with Crippen LogP contribution in [0.3, 0.4) is 0 Å². The highest BCUT2D eigenvalue weighted by Gasteiger charge is 2.22. The van der Waals surface area contributed by atoms with Crippen molar-refractivity contribution in [3.63, 3.8) is 0 Å². The number of hydrogen-bond acceptors (Lipinski definition) is 2. The lowest BCUT2D eigenvalue weighted by molar-refractivity contribution is 0.423. The van der Waals surface area contributed by atoms with E-state index in [2.05, 4.69) is 29.1 Å². The van der Waals surface area contributed by atoms with Crippen molar-refractivity contribution in [3.05, 3.63) is 23.5 Å². The first-order valence-corrected chi connectivity index (χ1v) is 8.06. The summed E-state index contributed by atoms with van der Waals surface area (Å²) in [5.74, 6) is 1.98. The van der Waals surface area contributed by atoms with Gasteiger partial charge in [0.1, 0.15) is 5.82 Å². The first-order valence-electron chi connectivity index (χ1n) is 8.06. The van der Waals surface area contributed by atoms with Gasteiger partial charge in [-0.15, -0.1) is 0 Å². The van der Waals surface area contributed by atoms with Gasteiger partial charge in [0.15, 0.2) is 0 Å². The Balaban J connectivity index is 1.81. The highest BCUT2D eigenvalue weighted by molar-refractivity contribution is 5.82. The van der Waals surface area contributed by atoms with Crippen LogP contribution < -0.4 is 5.32 Å². The van der Waals surface area contributed by atoms with Gasteiger partial charge in [-0.2, -0.15) is 0 Å². The second-order valence-electron chi connectivity index (χ2n) is 6.39. The van der Waals surface area contributed by atoms with Gasteiger partial charge >= 0.3 is 0 Å². The van der Waals surface area contributed by atoms with Crippen molar-refractivity contribution < 1.29 is 0 Å². The number of nitrogens with zero attached hydrogens (tertiary/aromatic N) is 2. The van der Waals surface area contributed by atoms with E-state index in [0.717, 1.165) is 6.54 Å². The zero-order valence-corrected chi connectivity index (χ0v) is 12.3. The van der Waals surface area contributed by atoms with Crippen molar-refractivity contribution in [2.75, 3.05) is 11.9 Å². The van der Waals surface area contributed by atoms with Crippen molar-refractivity contribution in [2.24, 2.45) is 7.05 Å². The smallest absolute Gasteiger partial charge is 0.112 e. The Morgan fingerprint density at radius 1 is 1.15 bits per heavy atom. The van der Waals surface area contributed by atoms with E-state index < -0.39 is 0 Å². The molecule has 0 atom stereocenters. The zero-order chi connectivity index (χ0) is 13.5. The van der Waals surface area contributed by atoms with Gasteiger partial charge in [-0.25, -0.2) is 4.98 Å². The molecular weight excluding hydrogens is 246 g/mol. The molecule has 3 heteroatoms. The van der Waals surface area contributed by atoms with Crippen molar-refractivity contribution >= 4 is 16.7 Å². The van der Waals surface area contributed by atoms with Crippen LogP contribution in [-0.4, -0.2) is 16.1 Å². The Labute approximate surface area is 120 Å². The number of aryl methyl sites for hydroxylation is 2. The minimum atomic E-state index is 0.672. The second kappa shape index (κ2) is 4.80. The molecule has 20 heavy (non-hydrogen) atoms. The fraction of sp³-hybridized carbons (Fsp3) is 0.588. The highest BCUT2D eigenvalue weighted by atomic mass is 15.1. The third-order valence-corrected chi connectivity index (χ3v) is 5.05. The summed E-state index contributed by atoms with van der Waals surface area (Å²) in [7, 11) is 2.20. The lowest BCUT2D eigenvalue weighted by atomic mass is 9.89. The van der Waals surface area contributed by atoms with Crippen LogP contribution in [0.4, 0.5) is 5.69 Å². The molecule has 0 amide bonds. The van der Waals surface area contributed by atoms with E-state index in [0.29, 0.717) is 5.92 Å². The molecule has 0 spiro atoms. The predicted molar refractivity (Wildman–Crippen MR) is 83.4 cm³/mol. The molecule has 0 bridgehead atoms. The van der Waals surface area contributed by atoms with Crippen LogP contribution in [0.2, 0.25) is 0 Å². The molecule has 3 nitrogen and oxygen atoms in total. The maximum atomic E-state index is 4.97. The SMILES string of the molecule is Cn1c(C2CCCCC2)nc2cc3c(cc21)CCCN3. The summed E-state index contributed by atoms with van der Waals surface area (Å²) >= 11 is 0. The molecule has 0 unspecified atom stereocenters. The number of nitrogens with one attached hydrogen (secondary N) is 1. The van der Waals surface area contributed by atoms with Gasteiger partial charge in [0.05, 0.1) is 11.0 Å². The van der Waals surface area contributed by atoms with E-state index in [1.165, 1.54) is 73.1 Å². The molecule has 2 heterocycles. The Kier molecular flexibility index (Phi) is 2.94. The molecule has 1 aromatic heterocycles. The van der Waals surface area contributed by atoms with Crippen LogP contribution in [0, 0.1) is 0 Å². The molecule has 2 aromatic rings. The van der Waals surface area contributed by atoms with E-state index in [-0.39, 0.29) is 0 Å². The normalized spacial score (nSPS) is 19.9. The fourth-order valence-corrected chi connectivity index (χ4v) is 3.90. The average molecular weight is 269 g/mol. The Morgan fingerprint density at radius 2 is 2.00 bits per heavy atom. The molecule has 106 valence electrons. The number of aromatic nitrogens is 2. The molecular formula is C17H23N3. The summed E-state index contributed by atoms with van der Waals surface area (Å²) in [5.41, 5.74) is 5.24. The van der Waals surface area contributed by atoms with Gasteiger partial charge in [-0.05, 0) is 43.4 Å². The molecule has 0 radical (unpaired) electrons. The standard InChI is InChI=1S/C17H23N3/c1-20-16-10-13-8-5-9-18-14(13)11-15(16)19-17(20)12-6-3-2-4-7-12/h10-12,18H,2-9H2,1H3. The molecule has 2 aliphatic rings. The van der Waals surface area contributed by atoms with E-state index in [1.54, 1.807) is 0 Å². The molecule has 4 rings (SSSR count). The average Bonchev–Trinajstić information content (AvgIpc) is 2.83. The Bertz CT molecular complexity index is 635. The summed E-state index contributed by atoms with van der Waals surface area (Å²) in [5, 5.41) is 3.51. The molecule has 1 aromatic carbocycles. The van der Waals surface area contributed by atoms with Gasteiger partial charge in [0.25, 0.3) is 0 Å². The number of anilines is 1. The first-order chi connectivity index (χ1) is 9.83. The number of imidazole rings is 1. The van der Waals surface area contributed by atoms with Crippen LogP contribution in [0.5, 0.6) is 0 Å². The van der Waals surface area contributed by atoms with Crippen molar-refractivity contribution in [3.8, 4) is 0 Å². The van der Waals surface area contributed by atoms with Crippen molar-refractivity contribution in [2.45, 2.75) is 50.9 Å². The van der Waals surface area contributed by atoms with Crippen LogP contribution in [0.1, 0.15) is 55.8 Å². The maximum Gasteiger partial charge on any atom is 0.112 e. The van der Waals surface area contributed by atoms with E-state index in [1.807, 2.05) is 0 Å². The topological polar surface area (TPSA) is 29.9 Å². The lowest BCUT2D eigenvalue weighted by Crippen LogP contribution is -2.11. The molecule has 1 saturated carbocycles. The zero-order valence-electron chi connectivity index (χ0n) is 12.3. The quantitative estimate of drug-likeness (QED) is 0.848. The molecule has 1 fully saturated rings. The third kappa shape index (κ3) is 1.91. The maximum absolute atomic E-state index is 4.97. The van der Waals surface area contributed by atoms with Gasteiger partial charge in [0.2, 0.25) is 0 Å². The molecule has 1 N–H and O–H groups in total. The van der Waals surface area contributed by atoms with E-state index in [9.17, 15) is 0 Å². The van der Waals surface area contributed by atoms with Crippen LogP contribution in [0.25, 0.3) is 11.0 Å². The summed E-state index contributed by atoms with van der Waals surface area (Å²) in [4.78, 5) is 4.97. The predicted octanol–water partition coefficient (Wildman–Crippen LogP) is 3.98. The fourth-order valence-electron chi connectivity index (χ4n) is 3.90. The minimum Gasteiger partial charge on any atom is -0.385 e. The van der Waals surface area contributed by atoms with Gasteiger partial charge < -0.3 is 9.88 Å². The van der Waals surface area contributed by atoms with Gasteiger partial charge in [-0.1, -0.05) is 19.3 Å². The van der Waals surface area contributed by atoms with Gasteiger partial charge in [-0.3, -0.25) is 0 Å². The van der Waals surface area contributed by atoms with Crippen LogP contribution in [-0.2, 0) is 13.5 Å². The number of hydrogen-bond donors (Lipinski definition) is 1. The van der Waals surface area contributed by atoms with Crippen molar-refractivity contribution in [1.29, 1.82) is 0 Å². The van der Waals surface area contributed by atoms with Crippen molar-refractivity contribution in [1.82, 2.24) is 9.55 Å². The second-order valence-corrected chi connectivity index (χ2v) is 6.39. The van der Waals surface area contributed by atoms with E-state index >= 15 is 0 Å². The Morgan fingerprint density at radius 3 is 2.85 bits per heavy atom. The third-order valence-electron chi connectivity index (χ3n) is 5.05. The molecule has 1 aliphatic carbocycles. The number of rotatable bonds is 1. The first kappa shape index (κ1) is 12.2.